The number of hydrogen-bond donors (Lipinski definition) is 2. The SMILES string of the molecule is Cc1cc(C)c(S(=O)(=O)O)c(C)c1.O=C(O)CCC(=O)c1ccc2c3c(cccc13)CC2. The highest BCUT2D eigenvalue weighted by molar-refractivity contribution is 7.86. The standard InChI is InChI=1S/C16H14O3.C9H12O3S/c17-14(8-9-15(18)19)12-7-6-11-5-4-10-2-1-3-13(12)16(10)11;1-6-4-7(2)9(8(3)5-6)13(10,11)12/h1-3,6-7H,4-5,8-9H2,(H,18,19);4-5H,1-3H3,(H,10,11,12). The number of carbonyl (C=O) groups is 2. The molecule has 0 saturated carbocycles. The number of carboxylic acids is 1. The van der Waals surface area contributed by atoms with Crippen LogP contribution in [0, 0.1) is 20.8 Å². The van der Waals surface area contributed by atoms with Gasteiger partial charge in [-0.1, -0.05) is 48.0 Å². The number of carboxylic acid groups (broad SMARTS) is 1. The molecule has 1 aliphatic rings. The van der Waals surface area contributed by atoms with E-state index in [-0.39, 0.29) is 23.5 Å². The Bertz CT molecular complexity index is 1290. The number of Topliss-reactive ketones (excluding diaryl/α,β-unsaturated/α-hetero) is 1. The zero-order chi connectivity index (χ0) is 23.6. The predicted molar refractivity (Wildman–Crippen MR) is 123 cm³/mol. The zero-order valence-corrected chi connectivity index (χ0v) is 19.1. The molecule has 0 fully saturated rings. The van der Waals surface area contributed by atoms with Crippen molar-refractivity contribution in [3.8, 4) is 0 Å². The van der Waals surface area contributed by atoms with Crippen LogP contribution in [0.25, 0.3) is 10.8 Å². The average Bonchev–Trinajstić information content (AvgIpc) is 3.10. The topological polar surface area (TPSA) is 109 Å². The molecule has 0 atom stereocenters. The maximum absolute atomic E-state index is 12.1. The molecule has 6 nitrogen and oxygen atoms in total. The Balaban J connectivity index is 0.000000195. The van der Waals surface area contributed by atoms with Crippen LogP contribution in [0.15, 0.2) is 47.4 Å². The fraction of sp³-hybridized carbons (Fsp3) is 0.280. The normalized spacial score (nSPS) is 12.4. The van der Waals surface area contributed by atoms with E-state index in [2.05, 4.69) is 6.07 Å². The van der Waals surface area contributed by atoms with E-state index in [1.54, 1.807) is 26.0 Å². The Morgan fingerprint density at radius 1 is 0.906 bits per heavy atom. The minimum Gasteiger partial charge on any atom is -0.481 e. The van der Waals surface area contributed by atoms with Gasteiger partial charge in [0.15, 0.2) is 5.78 Å². The molecule has 3 aromatic rings. The van der Waals surface area contributed by atoms with E-state index in [0.29, 0.717) is 16.7 Å². The van der Waals surface area contributed by atoms with Gasteiger partial charge in [-0.15, -0.1) is 0 Å². The third-order valence-corrected chi connectivity index (χ3v) is 6.77. The molecule has 0 aliphatic heterocycles. The second-order valence-electron chi connectivity index (χ2n) is 8.13. The van der Waals surface area contributed by atoms with E-state index in [1.165, 1.54) is 16.5 Å². The van der Waals surface area contributed by atoms with Crippen molar-refractivity contribution in [3.63, 3.8) is 0 Å². The lowest BCUT2D eigenvalue weighted by molar-refractivity contribution is -0.136. The number of benzene rings is 3. The van der Waals surface area contributed by atoms with Crippen molar-refractivity contribution in [2.75, 3.05) is 0 Å². The highest BCUT2D eigenvalue weighted by atomic mass is 32.2. The molecule has 3 aromatic carbocycles. The van der Waals surface area contributed by atoms with Crippen LogP contribution in [0.2, 0.25) is 0 Å². The van der Waals surface area contributed by atoms with Crippen LogP contribution in [0.4, 0.5) is 0 Å². The first-order chi connectivity index (χ1) is 15.0. The molecule has 2 N–H and O–H groups in total. The van der Waals surface area contributed by atoms with Gasteiger partial charge in [0, 0.05) is 12.0 Å². The summed E-state index contributed by atoms with van der Waals surface area (Å²) in [5.41, 5.74) is 5.40. The smallest absolute Gasteiger partial charge is 0.303 e. The van der Waals surface area contributed by atoms with Gasteiger partial charge in [-0.25, -0.2) is 0 Å². The third kappa shape index (κ3) is 5.06. The fourth-order valence-electron chi connectivity index (χ4n) is 4.42. The molecular weight excluding hydrogens is 428 g/mol. The second-order valence-corrected chi connectivity index (χ2v) is 9.49. The quantitative estimate of drug-likeness (QED) is 0.422. The Hall–Kier alpha value is -3.03. The van der Waals surface area contributed by atoms with Crippen LogP contribution in [0.1, 0.15) is 51.0 Å². The third-order valence-electron chi connectivity index (χ3n) is 5.61. The predicted octanol–water partition coefficient (Wildman–Crippen LogP) is 4.84. The van der Waals surface area contributed by atoms with Crippen molar-refractivity contribution in [1.29, 1.82) is 0 Å². The summed E-state index contributed by atoms with van der Waals surface area (Å²) in [5.74, 6) is -1.02. The number of aryl methyl sites for hydroxylation is 5. The summed E-state index contributed by atoms with van der Waals surface area (Å²) in [6.45, 7) is 5.22. The van der Waals surface area contributed by atoms with Gasteiger partial charge in [-0.3, -0.25) is 14.1 Å². The molecule has 168 valence electrons. The van der Waals surface area contributed by atoms with Gasteiger partial charge in [0.2, 0.25) is 0 Å². The van der Waals surface area contributed by atoms with Crippen molar-refractivity contribution >= 4 is 32.6 Å². The molecule has 0 saturated heterocycles. The number of hydrogen-bond acceptors (Lipinski definition) is 4. The molecule has 0 bridgehead atoms. The maximum Gasteiger partial charge on any atom is 0.303 e. The molecule has 0 unspecified atom stereocenters. The average molecular weight is 455 g/mol. The Labute approximate surface area is 187 Å². The Kier molecular flexibility index (Phi) is 6.81. The molecule has 0 radical (unpaired) electrons. The first kappa shape index (κ1) is 23.6. The van der Waals surface area contributed by atoms with E-state index in [1.807, 2.05) is 31.2 Å². The largest absolute Gasteiger partial charge is 0.481 e. The van der Waals surface area contributed by atoms with Crippen molar-refractivity contribution in [2.24, 2.45) is 0 Å². The molecule has 0 heterocycles. The molecule has 4 rings (SSSR count). The van der Waals surface area contributed by atoms with Gasteiger partial charge in [-0.05, 0) is 66.6 Å². The van der Waals surface area contributed by atoms with E-state index in [9.17, 15) is 18.0 Å². The monoisotopic (exact) mass is 454 g/mol. The zero-order valence-electron chi connectivity index (χ0n) is 18.3. The van der Waals surface area contributed by atoms with Crippen molar-refractivity contribution in [3.05, 3.63) is 75.8 Å². The van der Waals surface area contributed by atoms with E-state index in [4.69, 9.17) is 9.66 Å². The molecule has 7 heteroatoms. The lowest BCUT2D eigenvalue weighted by Crippen LogP contribution is -2.04. The van der Waals surface area contributed by atoms with Gasteiger partial charge >= 0.3 is 5.97 Å². The first-order valence-electron chi connectivity index (χ1n) is 10.3. The first-order valence-corrected chi connectivity index (χ1v) is 11.8. The summed E-state index contributed by atoms with van der Waals surface area (Å²) in [6.07, 6.45) is 2.01. The molecule has 0 aromatic heterocycles. The van der Waals surface area contributed by atoms with Crippen LogP contribution >= 0.6 is 0 Å². The summed E-state index contributed by atoms with van der Waals surface area (Å²) in [4.78, 5) is 22.7. The highest BCUT2D eigenvalue weighted by Crippen LogP contribution is 2.33. The van der Waals surface area contributed by atoms with E-state index < -0.39 is 16.1 Å². The van der Waals surface area contributed by atoms with Gasteiger partial charge in [0.05, 0.1) is 11.3 Å². The second kappa shape index (κ2) is 9.22. The molecule has 32 heavy (non-hydrogen) atoms. The molecular formula is C25H26O6S. The summed E-state index contributed by atoms with van der Waals surface area (Å²) in [7, 11) is -4.08. The number of aliphatic carboxylic acids is 1. The number of carbonyl (C=O) groups excluding carboxylic acids is 1. The Morgan fingerprint density at radius 3 is 2.06 bits per heavy atom. The van der Waals surface area contributed by atoms with Crippen molar-refractivity contribution in [1.82, 2.24) is 0 Å². The van der Waals surface area contributed by atoms with Crippen molar-refractivity contribution < 1.29 is 27.7 Å². The van der Waals surface area contributed by atoms with Gasteiger partial charge < -0.3 is 5.11 Å². The summed E-state index contributed by atoms with van der Waals surface area (Å²) < 4.78 is 30.8. The van der Waals surface area contributed by atoms with Crippen LogP contribution < -0.4 is 0 Å². The summed E-state index contributed by atoms with van der Waals surface area (Å²) in [6, 6.07) is 13.3. The number of rotatable bonds is 5. The molecule has 0 spiro atoms. The lowest BCUT2D eigenvalue weighted by Gasteiger charge is -2.07. The highest BCUT2D eigenvalue weighted by Gasteiger charge is 2.19. The minimum atomic E-state index is -4.08. The Morgan fingerprint density at radius 2 is 1.50 bits per heavy atom. The van der Waals surface area contributed by atoms with Crippen LogP contribution in [0.5, 0.6) is 0 Å². The maximum atomic E-state index is 12.1. The van der Waals surface area contributed by atoms with Crippen LogP contribution in [-0.4, -0.2) is 29.8 Å². The van der Waals surface area contributed by atoms with E-state index in [0.717, 1.165) is 23.8 Å². The van der Waals surface area contributed by atoms with Gasteiger partial charge in [0.1, 0.15) is 0 Å². The van der Waals surface area contributed by atoms with Gasteiger partial charge in [-0.2, -0.15) is 8.42 Å². The molecule has 1 aliphatic carbocycles. The lowest BCUT2D eigenvalue weighted by atomic mass is 9.96. The summed E-state index contributed by atoms with van der Waals surface area (Å²) in [5, 5.41) is 10.8. The van der Waals surface area contributed by atoms with Gasteiger partial charge in [0.25, 0.3) is 10.1 Å². The minimum absolute atomic E-state index is 0.0260. The summed E-state index contributed by atoms with van der Waals surface area (Å²) >= 11 is 0. The van der Waals surface area contributed by atoms with Crippen molar-refractivity contribution in [2.45, 2.75) is 51.3 Å². The van der Waals surface area contributed by atoms with E-state index >= 15 is 0 Å². The van der Waals surface area contributed by atoms with Crippen LogP contribution in [0.3, 0.4) is 0 Å². The van der Waals surface area contributed by atoms with Crippen LogP contribution in [-0.2, 0) is 27.8 Å². The number of ketones is 1. The fourth-order valence-corrected chi connectivity index (χ4v) is 5.35. The molecule has 0 amide bonds.